The van der Waals surface area contributed by atoms with Crippen molar-refractivity contribution in [2.75, 3.05) is 0 Å². The minimum Gasteiger partial charge on any atom is -0.391 e. The second-order valence-corrected chi connectivity index (χ2v) is 3.29. The smallest absolute Gasteiger partial charge is 0.0809 e. The summed E-state index contributed by atoms with van der Waals surface area (Å²) in [7, 11) is 0. The zero-order valence-corrected chi connectivity index (χ0v) is 6.67. The van der Waals surface area contributed by atoms with Gasteiger partial charge in [-0.15, -0.1) is 0 Å². The largest absolute Gasteiger partial charge is 0.391 e. The standard InChI is InChI=1S/C10H12O2/c11-9-6-5-7-3-1-2-4-8(9)10(7)12/h1-12H/t7-,8+,9-,10-/m0/s1. The lowest BCUT2D eigenvalue weighted by Gasteiger charge is -2.29. The van der Waals surface area contributed by atoms with Crippen molar-refractivity contribution in [3.63, 3.8) is 0 Å². The minimum absolute atomic E-state index is 0.0633. The fourth-order valence-electron chi connectivity index (χ4n) is 1.73. The van der Waals surface area contributed by atoms with Gasteiger partial charge in [-0.25, -0.2) is 0 Å². The van der Waals surface area contributed by atoms with Gasteiger partial charge in [0.25, 0.3) is 0 Å². The molecule has 2 rings (SSSR count). The van der Waals surface area contributed by atoms with Crippen LogP contribution in [-0.2, 0) is 0 Å². The number of allylic oxidation sites excluding steroid dienone is 2. The molecule has 0 aromatic rings. The highest BCUT2D eigenvalue weighted by Gasteiger charge is 2.31. The topological polar surface area (TPSA) is 40.5 Å². The Morgan fingerprint density at radius 1 is 0.833 bits per heavy atom. The van der Waals surface area contributed by atoms with Gasteiger partial charge in [0.2, 0.25) is 0 Å². The summed E-state index contributed by atoms with van der Waals surface area (Å²) < 4.78 is 0. The van der Waals surface area contributed by atoms with Gasteiger partial charge in [0.15, 0.2) is 0 Å². The molecule has 0 spiro atoms. The van der Waals surface area contributed by atoms with Crippen molar-refractivity contribution in [1.82, 2.24) is 0 Å². The molecule has 0 unspecified atom stereocenters. The van der Waals surface area contributed by atoms with Crippen LogP contribution < -0.4 is 0 Å². The Hall–Kier alpha value is -0.860. The third-order valence-corrected chi connectivity index (χ3v) is 2.49. The van der Waals surface area contributed by atoms with E-state index in [0.717, 1.165) is 0 Å². The predicted molar refractivity (Wildman–Crippen MR) is 46.4 cm³/mol. The van der Waals surface area contributed by atoms with E-state index in [4.69, 9.17) is 0 Å². The van der Waals surface area contributed by atoms with Crippen LogP contribution in [0, 0.1) is 11.8 Å². The van der Waals surface area contributed by atoms with E-state index in [-0.39, 0.29) is 11.8 Å². The number of fused-ring (bicyclic) bond motifs is 2. The molecule has 2 aliphatic carbocycles. The van der Waals surface area contributed by atoms with E-state index in [1.165, 1.54) is 0 Å². The number of aliphatic hydroxyl groups is 2. The summed E-state index contributed by atoms with van der Waals surface area (Å²) in [5, 5.41) is 19.2. The van der Waals surface area contributed by atoms with Crippen LogP contribution in [0.4, 0.5) is 0 Å². The summed E-state index contributed by atoms with van der Waals surface area (Å²) in [6.07, 6.45) is 10.2. The Morgan fingerprint density at radius 2 is 1.58 bits per heavy atom. The number of aliphatic hydroxyl groups excluding tert-OH is 2. The van der Waals surface area contributed by atoms with Gasteiger partial charge in [0.05, 0.1) is 12.2 Å². The molecule has 4 atom stereocenters. The summed E-state index contributed by atoms with van der Waals surface area (Å²) >= 11 is 0. The second kappa shape index (κ2) is 2.88. The molecule has 0 amide bonds. The first-order chi connectivity index (χ1) is 5.79. The summed E-state index contributed by atoms with van der Waals surface area (Å²) in [6.45, 7) is 0. The maximum atomic E-state index is 9.73. The summed E-state index contributed by atoms with van der Waals surface area (Å²) in [5.41, 5.74) is 0. The van der Waals surface area contributed by atoms with Crippen LogP contribution in [0.5, 0.6) is 0 Å². The minimum atomic E-state index is -0.535. The van der Waals surface area contributed by atoms with E-state index < -0.39 is 12.2 Å². The van der Waals surface area contributed by atoms with E-state index in [1.807, 2.05) is 30.4 Å². The molecule has 0 fully saturated rings. The molecule has 64 valence electrons. The average Bonchev–Trinajstić information content (AvgIpc) is 2.16. The maximum absolute atomic E-state index is 9.73. The van der Waals surface area contributed by atoms with Gasteiger partial charge < -0.3 is 10.2 Å². The third-order valence-electron chi connectivity index (χ3n) is 2.49. The first-order valence-corrected chi connectivity index (χ1v) is 4.18. The summed E-state index contributed by atoms with van der Waals surface area (Å²) in [4.78, 5) is 0. The average molecular weight is 164 g/mol. The highest BCUT2D eigenvalue weighted by atomic mass is 16.3. The molecule has 2 bridgehead atoms. The second-order valence-electron chi connectivity index (χ2n) is 3.29. The van der Waals surface area contributed by atoms with Crippen molar-refractivity contribution < 1.29 is 10.2 Å². The van der Waals surface area contributed by atoms with Crippen LogP contribution >= 0.6 is 0 Å². The molecular weight excluding hydrogens is 152 g/mol. The predicted octanol–water partition coefficient (Wildman–Crippen LogP) is 0.636. The molecule has 0 saturated carbocycles. The normalized spacial score (nSPS) is 44.5. The Balaban J connectivity index is 2.35. The van der Waals surface area contributed by atoms with Gasteiger partial charge in [-0.3, -0.25) is 0 Å². The lowest BCUT2D eigenvalue weighted by atomic mass is 9.83. The van der Waals surface area contributed by atoms with Gasteiger partial charge in [0.1, 0.15) is 0 Å². The molecular formula is C10H12O2. The lowest BCUT2D eigenvalue weighted by molar-refractivity contribution is 0.0357. The van der Waals surface area contributed by atoms with E-state index in [0.29, 0.717) is 0 Å². The fourth-order valence-corrected chi connectivity index (χ4v) is 1.73. The van der Waals surface area contributed by atoms with Gasteiger partial charge >= 0.3 is 0 Å². The van der Waals surface area contributed by atoms with E-state index in [1.54, 1.807) is 6.08 Å². The SMILES string of the molecule is O[C@H]1[C@H]2C=CC=C[C@@H]1[C@@H](O)C=C2. The molecule has 2 aliphatic rings. The molecule has 0 aromatic carbocycles. The molecule has 0 aliphatic heterocycles. The zero-order valence-electron chi connectivity index (χ0n) is 6.67. The first kappa shape index (κ1) is 7.77. The Kier molecular flexibility index (Phi) is 1.87. The number of hydrogen-bond donors (Lipinski definition) is 2. The Morgan fingerprint density at radius 3 is 2.42 bits per heavy atom. The van der Waals surface area contributed by atoms with Crippen molar-refractivity contribution in [2.24, 2.45) is 11.8 Å². The molecule has 0 radical (unpaired) electrons. The van der Waals surface area contributed by atoms with Crippen molar-refractivity contribution in [1.29, 1.82) is 0 Å². The van der Waals surface area contributed by atoms with Crippen LogP contribution in [0.3, 0.4) is 0 Å². The van der Waals surface area contributed by atoms with Crippen LogP contribution in [0.25, 0.3) is 0 Å². The third kappa shape index (κ3) is 1.13. The van der Waals surface area contributed by atoms with Crippen LogP contribution in [0.2, 0.25) is 0 Å². The highest BCUT2D eigenvalue weighted by Crippen LogP contribution is 2.28. The quantitative estimate of drug-likeness (QED) is 0.516. The lowest BCUT2D eigenvalue weighted by Crippen LogP contribution is -2.36. The van der Waals surface area contributed by atoms with Crippen molar-refractivity contribution in [3.8, 4) is 0 Å². The maximum Gasteiger partial charge on any atom is 0.0809 e. The van der Waals surface area contributed by atoms with E-state index >= 15 is 0 Å². The highest BCUT2D eigenvalue weighted by molar-refractivity contribution is 5.23. The fraction of sp³-hybridized carbons (Fsp3) is 0.400. The number of rotatable bonds is 0. The van der Waals surface area contributed by atoms with Crippen LogP contribution in [0.15, 0.2) is 36.5 Å². The molecule has 0 heterocycles. The zero-order chi connectivity index (χ0) is 8.55. The molecule has 2 N–H and O–H groups in total. The molecule has 0 aromatic heterocycles. The molecule has 0 saturated heterocycles. The molecule has 12 heavy (non-hydrogen) atoms. The van der Waals surface area contributed by atoms with Crippen molar-refractivity contribution >= 4 is 0 Å². The van der Waals surface area contributed by atoms with E-state index in [9.17, 15) is 10.2 Å². The van der Waals surface area contributed by atoms with Crippen molar-refractivity contribution in [2.45, 2.75) is 12.2 Å². The molecule has 2 nitrogen and oxygen atoms in total. The Labute approximate surface area is 71.5 Å². The van der Waals surface area contributed by atoms with Gasteiger partial charge in [-0.1, -0.05) is 36.5 Å². The van der Waals surface area contributed by atoms with E-state index in [2.05, 4.69) is 0 Å². The first-order valence-electron chi connectivity index (χ1n) is 4.18. The van der Waals surface area contributed by atoms with Crippen molar-refractivity contribution in [3.05, 3.63) is 36.5 Å². The van der Waals surface area contributed by atoms with Gasteiger partial charge in [-0.05, 0) is 0 Å². The van der Waals surface area contributed by atoms with Gasteiger partial charge in [-0.2, -0.15) is 0 Å². The Bertz CT molecular complexity index is 253. The number of hydrogen-bond acceptors (Lipinski definition) is 2. The summed E-state index contributed by atoms with van der Waals surface area (Å²) in [5.74, 6) is -0.0802. The summed E-state index contributed by atoms with van der Waals surface area (Å²) in [6, 6.07) is 0. The molecule has 2 heteroatoms. The van der Waals surface area contributed by atoms with Crippen LogP contribution in [0.1, 0.15) is 0 Å². The van der Waals surface area contributed by atoms with Gasteiger partial charge in [0, 0.05) is 11.8 Å². The monoisotopic (exact) mass is 164 g/mol. The van der Waals surface area contributed by atoms with Crippen LogP contribution in [-0.4, -0.2) is 22.4 Å².